The maximum Gasteiger partial charge on any atom is 0.255 e. The summed E-state index contributed by atoms with van der Waals surface area (Å²) in [5, 5.41) is 2.20. The van der Waals surface area contributed by atoms with Gasteiger partial charge in [-0.05, 0) is 25.1 Å². The second kappa shape index (κ2) is 5.08. The van der Waals surface area contributed by atoms with E-state index in [0.717, 1.165) is 0 Å². The number of fused-ring (bicyclic) bond motifs is 1. The summed E-state index contributed by atoms with van der Waals surface area (Å²) in [5.74, 6) is -0.269. The Kier molecular flexibility index (Phi) is 3.25. The average molecular weight is 290 g/mol. The van der Waals surface area contributed by atoms with Crippen LogP contribution >= 0.6 is 0 Å². The maximum absolute atomic E-state index is 12.5. The van der Waals surface area contributed by atoms with E-state index in [4.69, 9.17) is 9.47 Å². The van der Waals surface area contributed by atoms with E-state index in [9.17, 15) is 14.4 Å². The molecule has 2 aliphatic rings. The molecule has 7 heteroatoms. The van der Waals surface area contributed by atoms with E-state index in [1.807, 2.05) is 0 Å². The largest absolute Gasteiger partial charge is 0.486 e. The summed E-state index contributed by atoms with van der Waals surface area (Å²) in [4.78, 5) is 36.8. The van der Waals surface area contributed by atoms with Crippen LogP contribution in [0.3, 0.4) is 0 Å². The highest BCUT2D eigenvalue weighted by Crippen LogP contribution is 2.31. The summed E-state index contributed by atoms with van der Waals surface area (Å²) < 4.78 is 10.8. The van der Waals surface area contributed by atoms with E-state index >= 15 is 0 Å². The van der Waals surface area contributed by atoms with Crippen molar-refractivity contribution < 1.29 is 23.9 Å². The minimum absolute atomic E-state index is 0.139. The molecule has 0 saturated carbocycles. The smallest absolute Gasteiger partial charge is 0.255 e. The number of nitrogens with one attached hydrogen (secondary N) is 1. The van der Waals surface area contributed by atoms with Crippen molar-refractivity contribution in [1.82, 2.24) is 10.2 Å². The number of ether oxygens (including phenoxy) is 2. The summed E-state index contributed by atoms with van der Waals surface area (Å²) >= 11 is 0. The maximum atomic E-state index is 12.5. The summed E-state index contributed by atoms with van der Waals surface area (Å²) in [6, 6.07) is 4.13. The van der Waals surface area contributed by atoms with Crippen molar-refractivity contribution in [3.8, 4) is 11.5 Å². The number of rotatable bonds is 1. The Morgan fingerprint density at radius 3 is 2.71 bits per heavy atom. The first-order chi connectivity index (χ1) is 10.1. The normalized spacial score (nSPS) is 21.0. The number of amides is 3. The zero-order valence-corrected chi connectivity index (χ0v) is 11.4. The molecule has 2 heterocycles. The molecule has 1 fully saturated rings. The van der Waals surface area contributed by atoms with E-state index in [1.54, 1.807) is 25.1 Å². The van der Waals surface area contributed by atoms with Crippen molar-refractivity contribution in [3.05, 3.63) is 23.8 Å². The summed E-state index contributed by atoms with van der Waals surface area (Å²) in [7, 11) is 0. The Labute approximate surface area is 120 Å². The number of imide groups is 1. The van der Waals surface area contributed by atoms with Crippen LogP contribution in [0, 0.1) is 0 Å². The van der Waals surface area contributed by atoms with Gasteiger partial charge in [0.25, 0.3) is 5.91 Å². The minimum Gasteiger partial charge on any atom is -0.486 e. The zero-order chi connectivity index (χ0) is 15.0. The lowest BCUT2D eigenvalue weighted by molar-refractivity contribution is -0.138. The van der Waals surface area contributed by atoms with Crippen molar-refractivity contribution in [1.29, 1.82) is 0 Å². The van der Waals surface area contributed by atoms with Crippen LogP contribution in [0.15, 0.2) is 18.2 Å². The number of hydrogen-bond donors (Lipinski definition) is 1. The van der Waals surface area contributed by atoms with Gasteiger partial charge in [0, 0.05) is 5.56 Å². The van der Waals surface area contributed by atoms with Crippen LogP contribution in [0.1, 0.15) is 17.3 Å². The highest BCUT2D eigenvalue weighted by Gasteiger charge is 2.34. The third-order valence-corrected chi connectivity index (χ3v) is 3.47. The molecule has 1 saturated heterocycles. The van der Waals surface area contributed by atoms with Gasteiger partial charge in [0.2, 0.25) is 11.8 Å². The predicted molar refractivity (Wildman–Crippen MR) is 71.1 cm³/mol. The van der Waals surface area contributed by atoms with Crippen LogP contribution in [0.25, 0.3) is 0 Å². The standard InChI is InChI=1S/C14H14N2O5/c1-8-13(18)15-12(17)7-16(8)14(19)9-2-3-10-11(6-9)21-5-4-20-10/h2-3,6,8H,4-5,7H2,1H3,(H,15,17,18). The Hall–Kier alpha value is -2.57. The predicted octanol–water partition coefficient (Wildman–Crippen LogP) is -0.0551. The first kappa shape index (κ1) is 13.4. The Morgan fingerprint density at radius 2 is 1.95 bits per heavy atom. The zero-order valence-electron chi connectivity index (χ0n) is 11.4. The Morgan fingerprint density at radius 1 is 1.24 bits per heavy atom. The lowest BCUT2D eigenvalue weighted by atomic mass is 10.1. The van der Waals surface area contributed by atoms with E-state index in [0.29, 0.717) is 30.3 Å². The lowest BCUT2D eigenvalue weighted by Gasteiger charge is -2.31. The van der Waals surface area contributed by atoms with Gasteiger partial charge in [0.05, 0.1) is 0 Å². The van der Waals surface area contributed by atoms with Gasteiger partial charge in [0.15, 0.2) is 11.5 Å². The van der Waals surface area contributed by atoms with Crippen LogP contribution in [-0.2, 0) is 9.59 Å². The highest BCUT2D eigenvalue weighted by molar-refractivity contribution is 6.07. The first-order valence-corrected chi connectivity index (χ1v) is 6.60. The number of carbonyl (C=O) groups is 3. The molecule has 1 aromatic carbocycles. The number of piperazine rings is 1. The van der Waals surface area contributed by atoms with Crippen LogP contribution in [0.2, 0.25) is 0 Å². The summed E-state index contributed by atoms with van der Waals surface area (Å²) in [6.07, 6.45) is 0. The van der Waals surface area contributed by atoms with Crippen molar-refractivity contribution in [3.63, 3.8) is 0 Å². The topological polar surface area (TPSA) is 84.9 Å². The van der Waals surface area contributed by atoms with Crippen LogP contribution in [0.5, 0.6) is 11.5 Å². The number of hydrogen-bond acceptors (Lipinski definition) is 5. The average Bonchev–Trinajstić information content (AvgIpc) is 2.49. The second-order valence-corrected chi connectivity index (χ2v) is 4.88. The molecule has 0 spiro atoms. The van der Waals surface area contributed by atoms with E-state index in [2.05, 4.69) is 5.32 Å². The van der Waals surface area contributed by atoms with Gasteiger partial charge in [-0.25, -0.2) is 0 Å². The molecule has 1 aromatic rings. The fourth-order valence-corrected chi connectivity index (χ4v) is 2.30. The van der Waals surface area contributed by atoms with Crippen LogP contribution < -0.4 is 14.8 Å². The molecule has 1 unspecified atom stereocenters. The molecule has 1 atom stereocenters. The molecule has 0 aromatic heterocycles. The van der Waals surface area contributed by atoms with Gasteiger partial charge in [0.1, 0.15) is 25.8 Å². The third-order valence-electron chi connectivity index (χ3n) is 3.47. The van der Waals surface area contributed by atoms with Crippen molar-refractivity contribution in [2.24, 2.45) is 0 Å². The molecular formula is C14H14N2O5. The fraction of sp³-hybridized carbons (Fsp3) is 0.357. The van der Waals surface area contributed by atoms with Gasteiger partial charge in [-0.15, -0.1) is 0 Å². The number of nitrogens with zero attached hydrogens (tertiary/aromatic N) is 1. The quantitative estimate of drug-likeness (QED) is 0.733. The molecule has 21 heavy (non-hydrogen) atoms. The van der Waals surface area contributed by atoms with Crippen molar-refractivity contribution in [2.75, 3.05) is 19.8 Å². The van der Waals surface area contributed by atoms with E-state index in [1.165, 1.54) is 4.90 Å². The fourth-order valence-electron chi connectivity index (χ4n) is 2.30. The number of benzene rings is 1. The molecule has 2 aliphatic heterocycles. The molecule has 3 amide bonds. The van der Waals surface area contributed by atoms with E-state index in [-0.39, 0.29) is 12.5 Å². The summed E-state index contributed by atoms with van der Waals surface area (Å²) in [6.45, 7) is 2.33. The van der Waals surface area contributed by atoms with Crippen molar-refractivity contribution >= 4 is 17.7 Å². The SMILES string of the molecule is CC1C(=O)NC(=O)CN1C(=O)c1ccc2c(c1)OCCO2. The van der Waals surface area contributed by atoms with Gasteiger partial charge >= 0.3 is 0 Å². The molecule has 110 valence electrons. The molecular weight excluding hydrogens is 276 g/mol. The van der Waals surface area contributed by atoms with Crippen LogP contribution in [-0.4, -0.2) is 48.4 Å². The molecule has 0 bridgehead atoms. The Balaban J connectivity index is 1.87. The molecule has 3 rings (SSSR count). The minimum atomic E-state index is -0.691. The highest BCUT2D eigenvalue weighted by atomic mass is 16.6. The molecule has 0 radical (unpaired) electrons. The summed E-state index contributed by atoms with van der Waals surface area (Å²) in [5.41, 5.74) is 0.355. The van der Waals surface area contributed by atoms with Crippen molar-refractivity contribution in [2.45, 2.75) is 13.0 Å². The lowest BCUT2D eigenvalue weighted by Crippen LogP contribution is -2.58. The van der Waals surface area contributed by atoms with Gasteiger partial charge in [-0.3, -0.25) is 19.7 Å². The number of carbonyl (C=O) groups excluding carboxylic acids is 3. The third kappa shape index (κ3) is 2.42. The monoisotopic (exact) mass is 290 g/mol. The second-order valence-electron chi connectivity index (χ2n) is 4.88. The van der Waals surface area contributed by atoms with Gasteiger partial charge in [-0.2, -0.15) is 0 Å². The van der Waals surface area contributed by atoms with Gasteiger partial charge < -0.3 is 14.4 Å². The first-order valence-electron chi connectivity index (χ1n) is 6.60. The molecule has 0 aliphatic carbocycles. The van der Waals surface area contributed by atoms with Gasteiger partial charge in [-0.1, -0.05) is 0 Å². The molecule has 7 nitrogen and oxygen atoms in total. The van der Waals surface area contributed by atoms with E-state index < -0.39 is 17.9 Å². The Bertz CT molecular complexity index is 628. The molecule has 1 N–H and O–H groups in total. The van der Waals surface area contributed by atoms with Crippen LogP contribution in [0.4, 0.5) is 0 Å².